The van der Waals surface area contributed by atoms with Crippen LogP contribution in [0.2, 0.25) is 0 Å². The van der Waals surface area contributed by atoms with Gasteiger partial charge >= 0.3 is 5.97 Å². The molecule has 4 heterocycles. The molecule has 4 aromatic rings. The van der Waals surface area contributed by atoms with Crippen molar-refractivity contribution in [2.45, 2.75) is 20.3 Å². The molecule has 0 amide bonds. The summed E-state index contributed by atoms with van der Waals surface area (Å²) in [4.78, 5) is 16.8. The van der Waals surface area contributed by atoms with E-state index in [9.17, 15) is 4.79 Å². The van der Waals surface area contributed by atoms with E-state index in [1.165, 1.54) is 6.20 Å². The smallest absolute Gasteiger partial charge is 0.341 e. The number of aromatic nitrogens is 6. The highest BCUT2D eigenvalue weighted by molar-refractivity contribution is 6.05. The van der Waals surface area contributed by atoms with E-state index in [1.54, 1.807) is 11.6 Å². The van der Waals surface area contributed by atoms with Crippen LogP contribution < -0.4 is 5.32 Å². The molecule has 4 rings (SSSR count). The lowest BCUT2D eigenvalue weighted by atomic mass is 10.1. The average molecular weight is 379 g/mol. The van der Waals surface area contributed by atoms with Gasteiger partial charge in [-0.15, -0.1) is 10.2 Å². The molecule has 0 aliphatic heterocycles. The molecule has 0 radical (unpaired) electrons. The van der Waals surface area contributed by atoms with Crippen molar-refractivity contribution in [1.29, 1.82) is 0 Å². The number of anilines is 1. The van der Waals surface area contributed by atoms with Gasteiger partial charge < -0.3 is 10.1 Å². The predicted molar refractivity (Wildman–Crippen MR) is 104 cm³/mol. The minimum atomic E-state index is -0.407. The van der Waals surface area contributed by atoms with Crippen molar-refractivity contribution in [2.75, 3.05) is 18.5 Å². The molecule has 144 valence electrons. The number of aryl methyl sites for hydroxylation is 2. The molecule has 0 unspecified atom stereocenters. The molecule has 0 aliphatic carbocycles. The van der Waals surface area contributed by atoms with Gasteiger partial charge in [-0.3, -0.25) is 9.08 Å². The number of carbonyl (C=O) groups is 1. The van der Waals surface area contributed by atoms with Crippen molar-refractivity contribution in [3.05, 3.63) is 47.7 Å². The molecular weight excluding hydrogens is 358 g/mol. The number of nitrogens with zero attached hydrogens (tertiary/aromatic N) is 6. The number of nitrogens with one attached hydrogen (secondary N) is 1. The summed E-state index contributed by atoms with van der Waals surface area (Å²) in [5.41, 5.74) is 3.39. The van der Waals surface area contributed by atoms with Crippen molar-refractivity contribution >= 4 is 28.3 Å². The summed E-state index contributed by atoms with van der Waals surface area (Å²) in [6.07, 6.45) is 4.11. The van der Waals surface area contributed by atoms with Gasteiger partial charge in [0.25, 0.3) is 0 Å². The van der Waals surface area contributed by atoms with Gasteiger partial charge in [0.1, 0.15) is 11.4 Å². The summed E-state index contributed by atoms with van der Waals surface area (Å²) in [6.45, 7) is 4.54. The Labute approximate surface area is 161 Å². The van der Waals surface area contributed by atoms with E-state index < -0.39 is 5.97 Å². The number of fused-ring (bicyclic) bond motifs is 2. The van der Waals surface area contributed by atoms with E-state index in [-0.39, 0.29) is 0 Å². The van der Waals surface area contributed by atoms with Gasteiger partial charge in [-0.1, -0.05) is 6.07 Å². The summed E-state index contributed by atoms with van der Waals surface area (Å²) in [5, 5.41) is 17.0. The van der Waals surface area contributed by atoms with E-state index in [0.29, 0.717) is 36.5 Å². The zero-order valence-corrected chi connectivity index (χ0v) is 16.0. The molecule has 9 nitrogen and oxygen atoms in total. The van der Waals surface area contributed by atoms with Gasteiger partial charge in [0.15, 0.2) is 11.3 Å². The molecular formula is C19H21N7O2. The maximum Gasteiger partial charge on any atom is 0.341 e. The minimum Gasteiger partial charge on any atom is -0.462 e. The third-order valence-electron chi connectivity index (χ3n) is 4.56. The number of carbonyl (C=O) groups excluding carboxylic acids is 1. The Morgan fingerprint density at radius 3 is 2.96 bits per heavy atom. The normalized spacial score (nSPS) is 11.2. The molecule has 0 fully saturated rings. The van der Waals surface area contributed by atoms with Crippen LogP contribution in [0.1, 0.15) is 28.8 Å². The molecule has 0 saturated carbocycles. The third-order valence-corrected chi connectivity index (χ3v) is 4.56. The molecule has 0 aromatic carbocycles. The topological polar surface area (TPSA) is 99.2 Å². The van der Waals surface area contributed by atoms with E-state index in [0.717, 1.165) is 22.6 Å². The first kappa shape index (κ1) is 17.9. The highest BCUT2D eigenvalue weighted by Gasteiger charge is 2.20. The molecule has 0 saturated heterocycles. The van der Waals surface area contributed by atoms with Gasteiger partial charge in [-0.05, 0) is 26.0 Å². The van der Waals surface area contributed by atoms with Crippen LogP contribution in [0, 0.1) is 6.92 Å². The van der Waals surface area contributed by atoms with Gasteiger partial charge in [0.05, 0.1) is 23.4 Å². The summed E-state index contributed by atoms with van der Waals surface area (Å²) in [7, 11) is 1.83. The van der Waals surface area contributed by atoms with Crippen LogP contribution in [0.3, 0.4) is 0 Å². The van der Waals surface area contributed by atoms with E-state index >= 15 is 0 Å². The van der Waals surface area contributed by atoms with Crippen LogP contribution in [-0.2, 0) is 18.2 Å². The molecule has 4 aromatic heterocycles. The predicted octanol–water partition coefficient (Wildman–Crippen LogP) is 2.15. The monoisotopic (exact) mass is 379 g/mol. The standard InChI is InChI=1S/C19H21N7O2/c1-4-28-19(27)13-11-21-18-16(12(2)24-25(18)3)17(13)20-9-8-15-23-22-14-7-5-6-10-26(14)15/h5-7,10-11H,4,8-9H2,1-3H3,(H,20,21). The fourth-order valence-electron chi connectivity index (χ4n) is 3.32. The van der Waals surface area contributed by atoms with Crippen LogP contribution >= 0.6 is 0 Å². The fourth-order valence-corrected chi connectivity index (χ4v) is 3.32. The zero-order valence-electron chi connectivity index (χ0n) is 16.0. The van der Waals surface area contributed by atoms with Crippen molar-refractivity contribution in [3.8, 4) is 0 Å². The first-order valence-corrected chi connectivity index (χ1v) is 9.12. The molecule has 28 heavy (non-hydrogen) atoms. The number of ether oxygens (including phenoxy) is 1. The van der Waals surface area contributed by atoms with Crippen LogP contribution in [0.5, 0.6) is 0 Å². The Bertz CT molecular complexity index is 1160. The van der Waals surface area contributed by atoms with Crippen molar-refractivity contribution in [1.82, 2.24) is 29.4 Å². The number of rotatable bonds is 6. The summed E-state index contributed by atoms with van der Waals surface area (Å²) < 4.78 is 8.86. The molecule has 0 aliphatic rings. The second-order valence-electron chi connectivity index (χ2n) is 6.40. The van der Waals surface area contributed by atoms with Gasteiger partial charge in [0.2, 0.25) is 0 Å². The Morgan fingerprint density at radius 1 is 1.29 bits per heavy atom. The summed E-state index contributed by atoms with van der Waals surface area (Å²) in [5.74, 6) is 0.435. The second kappa shape index (κ2) is 7.26. The second-order valence-corrected chi connectivity index (χ2v) is 6.40. The van der Waals surface area contributed by atoms with Gasteiger partial charge in [-0.2, -0.15) is 5.10 Å². The van der Waals surface area contributed by atoms with Gasteiger partial charge in [-0.25, -0.2) is 9.78 Å². The lowest BCUT2D eigenvalue weighted by molar-refractivity contribution is 0.0527. The molecule has 0 spiro atoms. The Kier molecular flexibility index (Phi) is 4.64. The quantitative estimate of drug-likeness (QED) is 0.512. The first-order valence-electron chi connectivity index (χ1n) is 9.12. The largest absolute Gasteiger partial charge is 0.462 e. The third kappa shape index (κ3) is 3.04. The summed E-state index contributed by atoms with van der Waals surface area (Å²) >= 11 is 0. The van der Waals surface area contributed by atoms with Crippen LogP contribution in [0.25, 0.3) is 16.7 Å². The van der Waals surface area contributed by atoms with Crippen LogP contribution in [0.15, 0.2) is 30.6 Å². The molecule has 0 atom stereocenters. The number of esters is 1. The number of hydrogen-bond donors (Lipinski definition) is 1. The van der Waals surface area contributed by atoms with Crippen molar-refractivity contribution < 1.29 is 9.53 Å². The average Bonchev–Trinajstić information content (AvgIpc) is 3.23. The number of hydrogen-bond acceptors (Lipinski definition) is 7. The SMILES string of the molecule is CCOC(=O)c1cnc2c(c(C)nn2C)c1NCCc1nnc2ccccn12. The minimum absolute atomic E-state index is 0.300. The zero-order chi connectivity index (χ0) is 19.7. The van der Waals surface area contributed by atoms with E-state index in [1.807, 2.05) is 42.8 Å². The van der Waals surface area contributed by atoms with Crippen molar-refractivity contribution in [3.63, 3.8) is 0 Å². The Balaban J connectivity index is 1.66. The number of pyridine rings is 2. The van der Waals surface area contributed by atoms with Crippen molar-refractivity contribution in [2.24, 2.45) is 7.05 Å². The fraction of sp³-hybridized carbons (Fsp3) is 0.316. The lowest BCUT2D eigenvalue weighted by Gasteiger charge is -2.12. The van der Waals surface area contributed by atoms with E-state index in [4.69, 9.17) is 4.74 Å². The van der Waals surface area contributed by atoms with E-state index in [2.05, 4.69) is 25.6 Å². The van der Waals surface area contributed by atoms with Gasteiger partial charge in [0, 0.05) is 32.4 Å². The molecule has 9 heteroatoms. The van der Waals surface area contributed by atoms with Crippen LogP contribution in [0.4, 0.5) is 5.69 Å². The molecule has 1 N–H and O–H groups in total. The maximum absolute atomic E-state index is 12.4. The lowest BCUT2D eigenvalue weighted by Crippen LogP contribution is -2.14. The highest BCUT2D eigenvalue weighted by Crippen LogP contribution is 2.29. The summed E-state index contributed by atoms with van der Waals surface area (Å²) in [6, 6.07) is 5.78. The maximum atomic E-state index is 12.4. The Hall–Kier alpha value is -3.49. The molecule has 0 bridgehead atoms. The van der Waals surface area contributed by atoms with Crippen LogP contribution in [-0.4, -0.2) is 48.5 Å². The Morgan fingerprint density at radius 2 is 2.14 bits per heavy atom. The highest BCUT2D eigenvalue weighted by atomic mass is 16.5. The first-order chi connectivity index (χ1) is 13.6.